The average molecular weight is 477 g/mol. The number of rotatable bonds is 8. The molecule has 1 saturated carbocycles. The highest BCUT2D eigenvalue weighted by Gasteiger charge is 2.69. The zero-order chi connectivity index (χ0) is 24.8. The fourth-order valence-corrected chi connectivity index (χ4v) is 5.65. The number of benzene rings is 1. The Bertz CT molecular complexity index is 1010. The summed E-state index contributed by atoms with van der Waals surface area (Å²) in [5, 5.41) is 5.39. The zero-order valence-corrected chi connectivity index (χ0v) is 19.3. The fraction of sp³-hybridized carbons (Fsp3) is 0.583. The molecule has 0 unspecified atom stereocenters. The molecule has 2 aliphatic heterocycles. The summed E-state index contributed by atoms with van der Waals surface area (Å²) in [6, 6.07) is 1.35. The molecule has 0 bridgehead atoms. The van der Waals surface area contributed by atoms with Gasteiger partial charge in [-0.2, -0.15) is 0 Å². The van der Waals surface area contributed by atoms with Crippen LogP contribution in [0.1, 0.15) is 38.7 Å². The molecule has 4 N–H and O–H groups in total. The quantitative estimate of drug-likeness (QED) is 0.516. The number of carbonyl (C=O) groups excluding carboxylic acids is 4. The molecule has 8 nitrogen and oxygen atoms in total. The second-order valence-corrected chi connectivity index (χ2v) is 10.2. The van der Waals surface area contributed by atoms with Gasteiger partial charge in [0, 0.05) is 31.5 Å². The summed E-state index contributed by atoms with van der Waals surface area (Å²) in [5.74, 6) is -3.41. The van der Waals surface area contributed by atoms with Gasteiger partial charge in [-0.1, -0.05) is 13.8 Å². The minimum atomic E-state index is -1.02. The van der Waals surface area contributed by atoms with Gasteiger partial charge in [0.1, 0.15) is 23.7 Å². The van der Waals surface area contributed by atoms with Gasteiger partial charge in [-0.3, -0.25) is 19.2 Å². The maximum absolute atomic E-state index is 13.5. The molecule has 10 heteroatoms. The third-order valence-electron chi connectivity index (χ3n) is 7.69. The van der Waals surface area contributed by atoms with Crippen LogP contribution in [0.3, 0.4) is 0 Å². The Balaban J connectivity index is 1.44. The van der Waals surface area contributed by atoms with Crippen LogP contribution < -0.4 is 16.4 Å². The van der Waals surface area contributed by atoms with E-state index in [0.29, 0.717) is 25.1 Å². The molecular formula is C24H30F2N4O4. The Morgan fingerprint density at radius 1 is 1.24 bits per heavy atom. The molecule has 184 valence electrons. The Labute approximate surface area is 196 Å². The van der Waals surface area contributed by atoms with Crippen LogP contribution in [0.25, 0.3) is 0 Å². The number of fused-ring (bicyclic) bond motifs is 1. The molecule has 1 aromatic carbocycles. The van der Waals surface area contributed by atoms with Crippen LogP contribution in [0.2, 0.25) is 0 Å². The van der Waals surface area contributed by atoms with Crippen molar-refractivity contribution in [3.63, 3.8) is 0 Å². The van der Waals surface area contributed by atoms with Crippen molar-refractivity contribution in [1.82, 2.24) is 15.5 Å². The lowest BCUT2D eigenvalue weighted by atomic mass is 9.96. The highest BCUT2D eigenvalue weighted by atomic mass is 19.1. The van der Waals surface area contributed by atoms with Crippen LogP contribution in [-0.2, 0) is 25.6 Å². The first-order chi connectivity index (χ1) is 16.0. The molecule has 3 fully saturated rings. The topological polar surface area (TPSA) is 122 Å². The summed E-state index contributed by atoms with van der Waals surface area (Å²) < 4.78 is 26.9. The van der Waals surface area contributed by atoms with Crippen molar-refractivity contribution in [2.24, 2.45) is 28.9 Å². The third-order valence-corrected chi connectivity index (χ3v) is 7.69. The lowest BCUT2D eigenvalue weighted by Crippen LogP contribution is -2.55. The minimum Gasteiger partial charge on any atom is -0.368 e. The molecule has 2 saturated heterocycles. The summed E-state index contributed by atoms with van der Waals surface area (Å²) >= 11 is 0. The smallest absolute Gasteiger partial charge is 0.243 e. The van der Waals surface area contributed by atoms with E-state index in [-0.39, 0.29) is 48.3 Å². The summed E-state index contributed by atoms with van der Waals surface area (Å²) in [5.41, 5.74) is 5.74. The number of primary amides is 1. The number of piperidine rings is 1. The number of hydrogen-bond acceptors (Lipinski definition) is 4. The van der Waals surface area contributed by atoms with Crippen LogP contribution in [0.4, 0.5) is 8.78 Å². The van der Waals surface area contributed by atoms with Gasteiger partial charge in [0.2, 0.25) is 23.6 Å². The average Bonchev–Trinajstić information content (AvgIpc) is 3.10. The summed E-state index contributed by atoms with van der Waals surface area (Å²) in [6.45, 7) is 4.99. The number of amides is 4. The molecule has 0 spiro atoms. The van der Waals surface area contributed by atoms with Crippen LogP contribution in [0.15, 0.2) is 18.2 Å². The minimum absolute atomic E-state index is 0.00592. The Morgan fingerprint density at radius 3 is 2.50 bits per heavy atom. The van der Waals surface area contributed by atoms with Crippen LogP contribution in [0.5, 0.6) is 0 Å². The van der Waals surface area contributed by atoms with E-state index < -0.39 is 41.5 Å². The van der Waals surface area contributed by atoms with E-state index in [1.165, 1.54) is 17.0 Å². The highest BCUT2D eigenvalue weighted by molar-refractivity contribution is 5.93. The van der Waals surface area contributed by atoms with E-state index in [2.05, 4.69) is 10.6 Å². The van der Waals surface area contributed by atoms with Gasteiger partial charge < -0.3 is 21.3 Å². The molecule has 0 radical (unpaired) electrons. The predicted octanol–water partition coefficient (Wildman–Crippen LogP) is 0.877. The first kappa shape index (κ1) is 24.1. The van der Waals surface area contributed by atoms with Crippen molar-refractivity contribution in [3.05, 3.63) is 35.4 Å². The van der Waals surface area contributed by atoms with E-state index in [1.54, 1.807) is 0 Å². The molecule has 4 amide bonds. The van der Waals surface area contributed by atoms with E-state index in [0.717, 1.165) is 6.07 Å². The third kappa shape index (κ3) is 4.63. The maximum Gasteiger partial charge on any atom is 0.243 e. The van der Waals surface area contributed by atoms with Crippen molar-refractivity contribution in [2.45, 2.75) is 51.6 Å². The van der Waals surface area contributed by atoms with Crippen LogP contribution in [0, 0.1) is 34.8 Å². The molecule has 2 heterocycles. The molecule has 4 rings (SSSR count). The highest BCUT2D eigenvalue weighted by Crippen LogP contribution is 2.64. The first-order valence-electron chi connectivity index (χ1n) is 11.6. The van der Waals surface area contributed by atoms with Gasteiger partial charge in [0.05, 0.1) is 0 Å². The summed E-state index contributed by atoms with van der Waals surface area (Å²) in [6.07, 6.45) is 0.799. The fourth-order valence-electron chi connectivity index (χ4n) is 5.65. The van der Waals surface area contributed by atoms with Gasteiger partial charge in [-0.15, -0.1) is 0 Å². The van der Waals surface area contributed by atoms with E-state index in [1.807, 2.05) is 13.8 Å². The molecule has 0 aromatic heterocycles. The van der Waals surface area contributed by atoms with Crippen molar-refractivity contribution in [3.8, 4) is 0 Å². The van der Waals surface area contributed by atoms with Gasteiger partial charge >= 0.3 is 0 Å². The Kier molecular flexibility index (Phi) is 6.35. The largest absolute Gasteiger partial charge is 0.368 e. The number of hydrogen-bond donors (Lipinski definition) is 3. The SMILES string of the molecule is CC1(C)[C@@H]2[C@@H](C(=O)N[C@@H](C[C@@H]3CCNC3=O)C(N)=O)N(C(=O)CCc3cc(F)cc(F)c3)C[C@@H]21. The molecule has 34 heavy (non-hydrogen) atoms. The van der Waals surface area contributed by atoms with Gasteiger partial charge in [-0.05, 0) is 54.2 Å². The molecule has 3 aliphatic rings. The first-order valence-corrected chi connectivity index (χ1v) is 11.6. The number of halogens is 2. The Hall–Kier alpha value is -3.04. The summed E-state index contributed by atoms with van der Waals surface area (Å²) in [7, 11) is 0. The van der Waals surface area contributed by atoms with E-state index in [9.17, 15) is 28.0 Å². The molecule has 5 atom stereocenters. The predicted molar refractivity (Wildman–Crippen MR) is 118 cm³/mol. The van der Waals surface area contributed by atoms with Gasteiger partial charge in [0.15, 0.2) is 0 Å². The molecular weight excluding hydrogens is 446 g/mol. The van der Waals surface area contributed by atoms with Crippen molar-refractivity contribution in [1.29, 1.82) is 0 Å². The standard InChI is InChI=1S/C24H30F2N4O4/c1-24(2)16-11-30(18(31)4-3-12-7-14(25)10-15(26)8-12)20(19(16)24)23(34)29-17(21(27)32)9-13-5-6-28-22(13)33/h7-8,10,13,16-17,19-20H,3-6,9,11H2,1-2H3,(H2,27,32)(H,28,33)(H,29,34)/t13-,16-,17-,19-,20-/m0/s1. The van der Waals surface area contributed by atoms with Crippen LogP contribution >= 0.6 is 0 Å². The normalized spacial score (nSPS) is 27.6. The van der Waals surface area contributed by atoms with Crippen molar-refractivity contribution >= 4 is 23.6 Å². The van der Waals surface area contributed by atoms with E-state index >= 15 is 0 Å². The van der Waals surface area contributed by atoms with Gasteiger partial charge in [-0.25, -0.2) is 8.78 Å². The lowest BCUT2D eigenvalue weighted by Gasteiger charge is -2.31. The number of aryl methyl sites for hydroxylation is 1. The molecule has 1 aliphatic carbocycles. The molecule has 1 aromatic rings. The van der Waals surface area contributed by atoms with Crippen LogP contribution in [-0.4, -0.2) is 53.7 Å². The second kappa shape index (κ2) is 8.96. The Morgan fingerprint density at radius 2 is 1.91 bits per heavy atom. The number of likely N-dealkylation sites (tertiary alicyclic amines) is 1. The van der Waals surface area contributed by atoms with Crippen molar-refractivity contribution < 1.29 is 28.0 Å². The second-order valence-electron chi connectivity index (χ2n) is 10.2. The monoisotopic (exact) mass is 476 g/mol. The number of nitrogens with zero attached hydrogens (tertiary/aromatic N) is 1. The van der Waals surface area contributed by atoms with E-state index in [4.69, 9.17) is 5.73 Å². The lowest BCUT2D eigenvalue weighted by molar-refractivity contribution is -0.141. The maximum atomic E-state index is 13.5. The summed E-state index contributed by atoms with van der Waals surface area (Å²) in [4.78, 5) is 51.8. The van der Waals surface area contributed by atoms with Gasteiger partial charge in [0.25, 0.3) is 0 Å². The van der Waals surface area contributed by atoms with Crippen molar-refractivity contribution in [2.75, 3.05) is 13.1 Å². The number of nitrogens with two attached hydrogens (primary N) is 1. The zero-order valence-electron chi connectivity index (χ0n) is 19.3. The number of carbonyl (C=O) groups is 4. The number of nitrogens with one attached hydrogen (secondary N) is 2.